The first-order valence-electron chi connectivity index (χ1n) is 8.13. The molecule has 1 aromatic heterocycles. The number of carboxylic acids is 2. The smallest absolute Gasteiger partial charge is 0.490 e. The fourth-order valence-electron chi connectivity index (χ4n) is 1.90. The number of aromatic amines is 1. The maximum Gasteiger partial charge on any atom is 0.490 e. The normalized spacial score (nSPS) is 10.8. The molecule has 1 amide bonds. The number of carbonyl (C=O) groups excluding carboxylic acids is 1. The van der Waals surface area contributed by atoms with Gasteiger partial charge in [-0.05, 0) is 6.07 Å². The molecule has 14 heteroatoms. The predicted octanol–water partition coefficient (Wildman–Crippen LogP) is 2.79. The van der Waals surface area contributed by atoms with Crippen LogP contribution in [0.25, 0.3) is 10.9 Å². The van der Waals surface area contributed by atoms with Crippen molar-refractivity contribution in [2.45, 2.75) is 12.6 Å². The number of nitrogens with one attached hydrogen (secondary N) is 2. The van der Waals surface area contributed by atoms with E-state index in [1.807, 2.05) is 12.1 Å². The molecule has 0 saturated carbocycles. The molecule has 4 N–H and O–H groups in total. The number of benzene rings is 1. The van der Waals surface area contributed by atoms with E-state index in [9.17, 15) is 22.8 Å². The first-order valence-corrected chi connectivity index (χ1v) is 10.6. The zero-order valence-corrected chi connectivity index (χ0v) is 17.1. The number of hydrogen-bond acceptors (Lipinski definition) is 7. The van der Waals surface area contributed by atoms with Crippen LogP contribution < -0.4 is 10.1 Å². The molecule has 9 nitrogen and oxygen atoms in total. The van der Waals surface area contributed by atoms with Gasteiger partial charge in [0.1, 0.15) is 11.3 Å². The minimum atomic E-state index is -5.08. The van der Waals surface area contributed by atoms with Crippen molar-refractivity contribution in [1.82, 2.24) is 15.5 Å². The van der Waals surface area contributed by atoms with Gasteiger partial charge in [0.15, 0.2) is 5.69 Å². The summed E-state index contributed by atoms with van der Waals surface area (Å²) < 4.78 is 37.0. The van der Waals surface area contributed by atoms with Crippen molar-refractivity contribution < 1.29 is 42.5 Å². The van der Waals surface area contributed by atoms with Gasteiger partial charge in [0.25, 0.3) is 5.91 Å². The Bertz CT molecular complexity index is 876. The lowest BCUT2D eigenvalue weighted by molar-refractivity contribution is -0.192. The summed E-state index contributed by atoms with van der Waals surface area (Å²) in [6, 6.07) is 5.42. The van der Waals surface area contributed by atoms with Crippen molar-refractivity contribution in [3.8, 4) is 5.75 Å². The highest BCUT2D eigenvalue weighted by Crippen LogP contribution is 2.25. The third-order valence-corrected chi connectivity index (χ3v) is 5.60. The molecule has 0 bridgehead atoms. The van der Waals surface area contributed by atoms with Crippen molar-refractivity contribution in [3.05, 3.63) is 23.9 Å². The summed E-state index contributed by atoms with van der Waals surface area (Å²) in [5.41, 5.74) is 1.03. The second-order valence-electron chi connectivity index (χ2n) is 5.30. The summed E-state index contributed by atoms with van der Waals surface area (Å²) in [5, 5.41) is 26.0. The maximum atomic E-state index is 12.2. The van der Waals surface area contributed by atoms with Crippen LogP contribution in [-0.4, -0.2) is 69.6 Å². The molecule has 0 unspecified atom stereocenters. The van der Waals surface area contributed by atoms with Gasteiger partial charge in [-0.2, -0.15) is 18.3 Å². The summed E-state index contributed by atoms with van der Waals surface area (Å²) in [6.07, 6.45) is -4.94. The number of H-pyrrole nitrogens is 1. The van der Waals surface area contributed by atoms with Crippen LogP contribution in [0, 0.1) is 0 Å². The molecule has 0 radical (unpaired) electrons. The number of carbonyl (C=O) groups is 3. The summed E-state index contributed by atoms with van der Waals surface area (Å²) in [4.78, 5) is 31.4. The van der Waals surface area contributed by atoms with E-state index in [1.165, 1.54) is 21.6 Å². The topological polar surface area (TPSA) is 142 Å². The highest BCUT2D eigenvalue weighted by Gasteiger charge is 2.38. The number of hydrogen-bond donors (Lipinski definition) is 4. The van der Waals surface area contributed by atoms with Gasteiger partial charge in [-0.25, -0.2) is 4.79 Å². The Kier molecular flexibility index (Phi) is 10.3. The minimum Gasteiger partial charge on any atom is -0.494 e. The third kappa shape index (κ3) is 8.41. The second kappa shape index (κ2) is 12.2. The van der Waals surface area contributed by atoms with Crippen LogP contribution in [0.15, 0.2) is 18.2 Å². The number of carboxylic acid groups (broad SMARTS) is 2. The van der Waals surface area contributed by atoms with E-state index in [2.05, 4.69) is 15.5 Å². The number of amides is 1. The van der Waals surface area contributed by atoms with Gasteiger partial charge in [-0.15, -0.1) is 0 Å². The molecule has 0 spiro atoms. The Balaban J connectivity index is 0.000000553. The van der Waals surface area contributed by atoms with Crippen LogP contribution >= 0.6 is 21.6 Å². The number of para-hydroxylation sites is 1. The molecule has 0 atom stereocenters. The largest absolute Gasteiger partial charge is 0.494 e. The number of aliphatic carboxylic acids is 2. The van der Waals surface area contributed by atoms with Gasteiger partial charge >= 0.3 is 18.1 Å². The molecule has 0 aliphatic rings. The van der Waals surface area contributed by atoms with Crippen molar-refractivity contribution in [2.75, 3.05) is 25.2 Å². The van der Waals surface area contributed by atoms with Crippen LogP contribution in [-0.2, 0) is 9.59 Å². The fraction of sp³-hybridized carbons (Fsp3) is 0.375. The fourth-order valence-corrected chi connectivity index (χ4v) is 3.78. The number of ether oxygens (including phenoxy) is 1. The number of aromatic nitrogens is 2. The van der Waals surface area contributed by atoms with Crippen LogP contribution in [0.3, 0.4) is 0 Å². The Morgan fingerprint density at radius 2 is 1.83 bits per heavy atom. The summed E-state index contributed by atoms with van der Waals surface area (Å²) >= 11 is 0. The van der Waals surface area contributed by atoms with Gasteiger partial charge in [0.2, 0.25) is 0 Å². The highest BCUT2D eigenvalue weighted by atomic mass is 33.1. The molecule has 1 heterocycles. The number of halogens is 3. The molecule has 30 heavy (non-hydrogen) atoms. The summed E-state index contributed by atoms with van der Waals surface area (Å²) in [5.74, 6) is -1.92. The van der Waals surface area contributed by atoms with Gasteiger partial charge in [-0.3, -0.25) is 14.7 Å². The minimum absolute atomic E-state index is 0.144. The average molecular weight is 469 g/mol. The lowest BCUT2D eigenvalue weighted by Crippen LogP contribution is -2.26. The zero-order chi connectivity index (χ0) is 22.7. The Morgan fingerprint density at radius 3 is 2.40 bits per heavy atom. The Labute approximate surface area is 176 Å². The van der Waals surface area contributed by atoms with Crippen molar-refractivity contribution in [1.29, 1.82) is 0 Å². The predicted molar refractivity (Wildman–Crippen MR) is 106 cm³/mol. The third-order valence-electron chi connectivity index (χ3n) is 3.19. The molecule has 2 aromatic rings. The van der Waals surface area contributed by atoms with Gasteiger partial charge < -0.3 is 20.3 Å². The molecule has 2 rings (SSSR count). The van der Waals surface area contributed by atoms with Crippen LogP contribution in [0.4, 0.5) is 13.2 Å². The van der Waals surface area contributed by atoms with E-state index < -0.39 is 18.1 Å². The Hall–Kier alpha value is -2.61. The number of fused-ring (bicyclic) bond motifs is 1. The molecule has 1 aromatic carbocycles. The highest BCUT2D eigenvalue weighted by molar-refractivity contribution is 8.76. The monoisotopic (exact) mass is 469 g/mol. The van der Waals surface area contributed by atoms with Crippen molar-refractivity contribution >= 4 is 50.3 Å². The molecule has 0 fully saturated rings. The van der Waals surface area contributed by atoms with Gasteiger partial charge in [0, 0.05) is 23.4 Å². The summed E-state index contributed by atoms with van der Waals surface area (Å²) in [7, 11) is 4.58. The average Bonchev–Trinajstić information content (AvgIpc) is 3.11. The van der Waals surface area contributed by atoms with Crippen molar-refractivity contribution in [2.24, 2.45) is 0 Å². The maximum absolute atomic E-state index is 12.2. The quantitative estimate of drug-likeness (QED) is 0.322. The molecular formula is C16H18F3N3O6S2. The zero-order valence-electron chi connectivity index (χ0n) is 15.5. The molecule has 166 valence electrons. The number of alkyl halides is 3. The molecule has 0 saturated heterocycles. The van der Waals surface area contributed by atoms with E-state index >= 15 is 0 Å². The van der Waals surface area contributed by atoms with E-state index in [4.69, 9.17) is 19.7 Å². The molecular weight excluding hydrogens is 451 g/mol. The van der Waals surface area contributed by atoms with E-state index in [0.29, 0.717) is 40.4 Å². The standard InChI is InChI=1S/C14H17N3O4S2.C2HF3O2/c1-21-10-4-2-3-9-12(10)16-17-13(9)14(20)15-6-8-23-22-7-5-11(18)19;3-2(4,5)1(6)7/h2-4H,5-8H2,1H3,(H,15,20)(H,16,17)(H,18,19);(H,6,7). The van der Waals surface area contributed by atoms with Crippen molar-refractivity contribution in [3.63, 3.8) is 0 Å². The first kappa shape index (κ1) is 25.4. The SMILES string of the molecule is COc1cccc2c(C(=O)NCCSSCCC(=O)O)n[nH]c12.O=C(O)C(F)(F)F. The molecule has 0 aliphatic heterocycles. The second-order valence-corrected chi connectivity index (χ2v) is 8.00. The van der Waals surface area contributed by atoms with E-state index in [1.54, 1.807) is 13.2 Å². The van der Waals surface area contributed by atoms with E-state index in [0.717, 1.165) is 0 Å². The Morgan fingerprint density at radius 1 is 1.20 bits per heavy atom. The van der Waals surface area contributed by atoms with Gasteiger partial charge in [0.05, 0.1) is 13.5 Å². The van der Waals surface area contributed by atoms with E-state index in [-0.39, 0.29) is 12.3 Å². The number of nitrogens with zero attached hydrogens (tertiary/aromatic N) is 1. The lowest BCUT2D eigenvalue weighted by Gasteiger charge is -2.03. The van der Waals surface area contributed by atoms with Crippen LogP contribution in [0.5, 0.6) is 5.75 Å². The van der Waals surface area contributed by atoms with Crippen LogP contribution in [0.1, 0.15) is 16.9 Å². The lowest BCUT2D eigenvalue weighted by atomic mass is 10.2. The number of methoxy groups -OCH3 is 1. The molecule has 0 aliphatic carbocycles. The number of rotatable bonds is 9. The van der Waals surface area contributed by atoms with Crippen LogP contribution in [0.2, 0.25) is 0 Å². The van der Waals surface area contributed by atoms with Gasteiger partial charge in [-0.1, -0.05) is 33.7 Å². The first-order chi connectivity index (χ1) is 14.1. The summed E-state index contributed by atoms with van der Waals surface area (Å²) in [6.45, 7) is 0.488.